The number of pyridine rings is 1. The topological polar surface area (TPSA) is 22.2 Å². The lowest BCUT2D eigenvalue weighted by Gasteiger charge is -2.11. The van der Waals surface area contributed by atoms with E-state index in [4.69, 9.17) is 4.98 Å². The van der Waals surface area contributed by atoms with Crippen LogP contribution in [0, 0.1) is 0 Å². The second-order valence-electron chi connectivity index (χ2n) is 14.4. The fourth-order valence-electron chi connectivity index (χ4n) is 8.73. The Hall–Kier alpha value is -7.01. The molecular weight excluding hydrogens is 687 g/mol. The van der Waals surface area contributed by atoms with Crippen LogP contribution in [0.15, 0.2) is 188 Å². The molecule has 3 nitrogen and oxygen atoms in total. The molecule has 0 spiro atoms. The van der Waals surface area contributed by atoms with E-state index < -0.39 is 0 Å². The molecule has 0 N–H and O–H groups in total. The SMILES string of the molecule is c1ccc(-n2c3ccccc3c3cc(-c4ccc(-c5ccc(-c6cc7c(sc8ccc9ccccc9c87)c7nc8ccccc8n67)cc5)cc4)ccc32)cc1. The minimum absolute atomic E-state index is 1.01. The summed E-state index contributed by atoms with van der Waals surface area (Å²) >= 11 is 1.84. The van der Waals surface area contributed by atoms with Gasteiger partial charge in [0.15, 0.2) is 5.65 Å². The molecule has 0 aliphatic heterocycles. The van der Waals surface area contributed by atoms with Gasteiger partial charge in [-0.1, -0.05) is 133 Å². The Bertz CT molecular complexity index is 3460. The number of nitrogens with zero attached hydrogens (tertiary/aromatic N) is 3. The van der Waals surface area contributed by atoms with E-state index in [1.165, 1.54) is 80.7 Å². The van der Waals surface area contributed by atoms with E-state index in [1.54, 1.807) is 0 Å². The zero-order chi connectivity index (χ0) is 36.0. The molecule has 4 aromatic heterocycles. The highest BCUT2D eigenvalue weighted by Crippen LogP contribution is 2.43. The Balaban J connectivity index is 0.944. The number of para-hydroxylation sites is 4. The maximum absolute atomic E-state index is 5.22. The molecule has 0 fully saturated rings. The third-order valence-electron chi connectivity index (χ3n) is 11.3. The van der Waals surface area contributed by atoms with E-state index in [0.29, 0.717) is 0 Å². The van der Waals surface area contributed by atoms with Crippen molar-refractivity contribution >= 4 is 80.8 Å². The standard InChI is InChI=1S/C51H31N3S/c1-2-11-38(12-3-1)53-44-16-8-6-14-40(44)41-30-37(26-28-45(41)53)34-20-18-32(19-21-34)33-22-24-36(25-23-33)47-31-42-49-39-13-5-4-10-35(39)27-29-48(49)55-50(42)51-52-43-15-7-9-17-46(43)54(47)51/h1-31H. The van der Waals surface area contributed by atoms with Crippen molar-refractivity contribution in [3.05, 3.63) is 188 Å². The summed E-state index contributed by atoms with van der Waals surface area (Å²) in [6, 6.07) is 68.3. The predicted octanol–water partition coefficient (Wildman–Crippen LogP) is 14.1. The molecule has 0 unspecified atom stereocenters. The first kappa shape index (κ1) is 30.5. The molecule has 4 heteroatoms. The number of thiophene rings is 1. The Morgan fingerprint density at radius 2 is 1.04 bits per heavy atom. The summed E-state index contributed by atoms with van der Waals surface area (Å²) in [6.07, 6.45) is 0. The van der Waals surface area contributed by atoms with Gasteiger partial charge in [-0.05, 0) is 93.2 Å². The van der Waals surface area contributed by atoms with Crippen molar-refractivity contribution < 1.29 is 0 Å². The number of hydrogen-bond acceptors (Lipinski definition) is 2. The molecule has 0 saturated heterocycles. The van der Waals surface area contributed by atoms with E-state index >= 15 is 0 Å². The van der Waals surface area contributed by atoms with Gasteiger partial charge in [0.25, 0.3) is 0 Å². The first-order valence-electron chi connectivity index (χ1n) is 18.7. The van der Waals surface area contributed by atoms with Gasteiger partial charge in [-0.3, -0.25) is 4.40 Å². The quantitative estimate of drug-likeness (QED) is 0.178. The molecule has 0 atom stereocenters. The Morgan fingerprint density at radius 1 is 0.418 bits per heavy atom. The molecule has 0 bridgehead atoms. The summed E-state index contributed by atoms with van der Waals surface area (Å²) in [4.78, 5) is 5.22. The molecular formula is C51H31N3S. The highest BCUT2D eigenvalue weighted by Gasteiger charge is 2.19. The summed E-state index contributed by atoms with van der Waals surface area (Å²) in [6.45, 7) is 0. The monoisotopic (exact) mass is 717 g/mol. The van der Waals surface area contributed by atoms with Crippen molar-refractivity contribution in [2.75, 3.05) is 0 Å². The highest BCUT2D eigenvalue weighted by molar-refractivity contribution is 7.26. The third-order valence-corrected chi connectivity index (χ3v) is 12.5. The number of imidazole rings is 1. The fourth-order valence-corrected chi connectivity index (χ4v) is 9.91. The largest absolute Gasteiger partial charge is 0.309 e. The Morgan fingerprint density at radius 3 is 1.84 bits per heavy atom. The van der Waals surface area contributed by atoms with Crippen LogP contribution in [0.4, 0.5) is 0 Å². The van der Waals surface area contributed by atoms with Gasteiger partial charge in [-0.15, -0.1) is 11.3 Å². The highest BCUT2D eigenvalue weighted by atomic mass is 32.1. The van der Waals surface area contributed by atoms with Gasteiger partial charge in [0.05, 0.1) is 32.5 Å². The zero-order valence-electron chi connectivity index (χ0n) is 29.6. The van der Waals surface area contributed by atoms with E-state index in [9.17, 15) is 0 Å². The lowest BCUT2D eigenvalue weighted by atomic mass is 9.98. The van der Waals surface area contributed by atoms with Crippen LogP contribution in [-0.4, -0.2) is 14.0 Å². The fraction of sp³-hybridized carbons (Fsp3) is 0. The number of fused-ring (bicyclic) bond motifs is 12. The van der Waals surface area contributed by atoms with Crippen LogP contribution in [0.5, 0.6) is 0 Å². The molecule has 256 valence electrons. The van der Waals surface area contributed by atoms with Crippen LogP contribution >= 0.6 is 11.3 Å². The van der Waals surface area contributed by atoms with Crippen LogP contribution in [-0.2, 0) is 0 Å². The average Bonchev–Trinajstić information content (AvgIpc) is 3.94. The predicted molar refractivity (Wildman–Crippen MR) is 234 cm³/mol. The second kappa shape index (κ2) is 11.7. The molecule has 12 rings (SSSR count). The third kappa shape index (κ3) is 4.59. The first-order valence-corrected chi connectivity index (χ1v) is 19.5. The van der Waals surface area contributed by atoms with Crippen molar-refractivity contribution in [2.45, 2.75) is 0 Å². The van der Waals surface area contributed by atoms with Gasteiger partial charge in [0.1, 0.15) is 0 Å². The molecule has 0 amide bonds. The Labute approximate surface area is 320 Å². The zero-order valence-corrected chi connectivity index (χ0v) is 30.5. The summed E-state index contributed by atoms with van der Waals surface area (Å²) in [5.41, 5.74) is 13.9. The van der Waals surface area contributed by atoms with Gasteiger partial charge in [0.2, 0.25) is 0 Å². The molecule has 0 aliphatic carbocycles. The average molecular weight is 718 g/mol. The summed E-state index contributed by atoms with van der Waals surface area (Å²) in [5.74, 6) is 0. The normalized spacial score (nSPS) is 12.0. The lowest BCUT2D eigenvalue weighted by Crippen LogP contribution is -1.93. The Kier molecular flexibility index (Phi) is 6.50. The van der Waals surface area contributed by atoms with Gasteiger partial charge < -0.3 is 4.57 Å². The minimum Gasteiger partial charge on any atom is -0.309 e. The van der Waals surface area contributed by atoms with Crippen molar-refractivity contribution in [3.8, 4) is 39.2 Å². The van der Waals surface area contributed by atoms with E-state index in [2.05, 4.69) is 197 Å². The van der Waals surface area contributed by atoms with E-state index in [-0.39, 0.29) is 0 Å². The second-order valence-corrected chi connectivity index (χ2v) is 15.4. The number of rotatable bonds is 4. The number of benzene rings is 8. The van der Waals surface area contributed by atoms with Crippen LogP contribution in [0.3, 0.4) is 0 Å². The first-order chi connectivity index (χ1) is 27.3. The molecule has 0 radical (unpaired) electrons. The maximum atomic E-state index is 5.22. The molecule has 4 heterocycles. The minimum atomic E-state index is 1.01. The number of aromatic nitrogens is 3. The summed E-state index contributed by atoms with van der Waals surface area (Å²) in [7, 11) is 0. The van der Waals surface area contributed by atoms with Gasteiger partial charge in [-0.25, -0.2) is 4.98 Å². The smallest absolute Gasteiger partial charge is 0.156 e. The van der Waals surface area contributed by atoms with Gasteiger partial charge in [-0.2, -0.15) is 0 Å². The van der Waals surface area contributed by atoms with Crippen LogP contribution < -0.4 is 0 Å². The van der Waals surface area contributed by atoms with Gasteiger partial charge >= 0.3 is 0 Å². The van der Waals surface area contributed by atoms with Crippen LogP contribution in [0.1, 0.15) is 0 Å². The van der Waals surface area contributed by atoms with E-state index in [0.717, 1.165) is 27.9 Å². The van der Waals surface area contributed by atoms with Gasteiger partial charge in [0, 0.05) is 31.9 Å². The van der Waals surface area contributed by atoms with Crippen LogP contribution in [0.2, 0.25) is 0 Å². The van der Waals surface area contributed by atoms with Crippen molar-refractivity contribution in [1.82, 2.24) is 14.0 Å². The molecule has 0 saturated carbocycles. The van der Waals surface area contributed by atoms with E-state index in [1.807, 2.05) is 11.3 Å². The summed E-state index contributed by atoms with van der Waals surface area (Å²) in [5, 5.41) is 7.65. The van der Waals surface area contributed by atoms with Crippen LogP contribution in [0.25, 0.3) is 109 Å². The summed E-state index contributed by atoms with van der Waals surface area (Å²) < 4.78 is 7.23. The van der Waals surface area contributed by atoms with Crippen molar-refractivity contribution in [2.24, 2.45) is 0 Å². The molecule has 0 aliphatic rings. The molecule has 8 aromatic carbocycles. The molecule has 12 aromatic rings. The lowest BCUT2D eigenvalue weighted by molar-refractivity contribution is 1.18. The maximum Gasteiger partial charge on any atom is 0.156 e. The van der Waals surface area contributed by atoms with Crippen molar-refractivity contribution in [3.63, 3.8) is 0 Å². The molecule has 55 heavy (non-hydrogen) atoms. The van der Waals surface area contributed by atoms with Crippen molar-refractivity contribution in [1.29, 1.82) is 0 Å². The number of hydrogen-bond donors (Lipinski definition) is 0.